The summed E-state index contributed by atoms with van der Waals surface area (Å²) < 4.78 is 0. The lowest BCUT2D eigenvalue weighted by Crippen LogP contribution is -2.44. The van der Waals surface area contributed by atoms with Crippen molar-refractivity contribution < 1.29 is 0 Å². The fourth-order valence-corrected chi connectivity index (χ4v) is 9.02. The van der Waals surface area contributed by atoms with Gasteiger partial charge < -0.3 is 29.4 Å². The Hall–Kier alpha value is -1.02. The van der Waals surface area contributed by atoms with Gasteiger partial charge >= 0.3 is 0 Å². The van der Waals surface area contributed by atoms with E-state index in [-0.39, 0.29) is 7.43 Å². The normalized spacial score (nSPS) is 23.4. The third kappa shape index (κ3) is 32.3. The van der Waals surface area contributed by atoms with Gasteiger partial charge in [-0.2, -0.15) is 0 Å². The van der Waals surface area contributed by atoms with Crippen molar-refractivity contribution in [1.29, 1.82) is 0 Å². The van der Waals surface area contributed by atoms with Gasteiger partial charge in [0.05, 0.1) is 0 Å². The molecule has 1 aromatic rings. The molecule has 0 bridgehead atoms. The van der Waals surface area contributed by atoms with Gasteiger partial charge in [0.25, 0.3) is 0 Å². The molecule has 6 fully saturated rings. The molecular formula is C55H112N6. The summed E-state index contributed by atoms with van der Waals surface area (Å²) in [6, 6.07) is 8.66. The van der Waals surface area contributed by atoms with Crippen LogP contribution in [0.15, 0.2) is 24.3 Å². The second kappa shape index (κ2) is 40.5. The molecule has 362 valence electrons. The van der Waals surface area contributed by atoms with Crippen LogP contribution in [0.3, 0.4) is 0 Å². The van der Waals surface area contributed by atoms with Gasteiger partial charge in [0.1, 0.15) is 0 Å². The van der Waals surface area contributed by atoms with Crippen LogP contribution in [0.25, 0.3) is 0 Å². The SMILES string of the molecule is C.CCC1CCC(C)CC1.CCC1CCN(C)CC1.CCN1CCCCC1.CCN1CCCCC1.CCN1CCCCC1.CCN1CCN(C)CC1.CCc1ccc(C)cc1. The summed E-state index contributed by atoms with van der Waals surface area (Å²) in [4.78, 5) is 14.8. The second-order valence-electron chi connectivity index (χ2n) is 19.3. The molecule has 0 radical (unpaired) electrons. The standard InChI is InChI=1S/C9H18.C9H12.C8H17N.C7H16N2.3C7H15N.CH4/c2*1-3-9-6-4-8(2)5-7-9;1-3-8-4-6-9(2)7-5-8;1-3-9-6-4-8(2)5-7-9;3*1-2-8-6-4-3-5-7-8;/h8-9H,3-7H2,1-2H3;4-7H,3H2,1-2H3;8H,3-7H2,1-2H3;3-7H2,1-2H3;3*2-7H2,1H3;1H4. The minimum atomic E-state index is 0. The molecule has 7 rings (SSSR count). The van der Waals surface area contributed by atoms with Crippen LogP contribution >= 0.6 is 0 Å². The van der Waals surface area contributed by atoms with E-state index in [2.05, 4.69) is 130 Å². The Morgan fingerprint density at radius 2 is 0.738 bits per heavy atom. The number of piperidine rings is 4. The minimum absolute atomic E-state index is 0. The van der Waals surface area contributed by atoms with Gasteiger partial charge in [-0.25, -0.2) is 0 Å². The first-order valence-corrected chi connectivity index (χ1v) is 26.4. The molecule has 0 atom stereocenters. The van der Waals surface area contributed by atoms with Gasteiger partial charge in [-0.15, -0.1) is 0 Å². The maximum atomic E-state index is 2.52. The lowest BCUT2D eigenvalue weighted by atomic mass is 9.82. The highest BCUT2D eigenvalue weighted by atomic mass is 15.2. The Labute approximate surface area is 385 Å². The third-order valence-corrected chi connectivity index (χ3v) is 14.4. The molecule has 1 aromatic carbocycles. The van der Waals surface area contributed by atoms with E-state index in [0.717, 1.165) is 24.2 Å². The highest BCUT2D eigenvalue weighted by Crippen LogP contribution is 2.29. The highest BCUT2D eigenvalue weighted by Gasteiger charge is 2.16. The van der Waals surface area contributed by atoms with Crippen molar-refractivity contribution >= 4 is 0 Å². The van der Waals surface area contributed by atoms with Gasteiger partial charge in [-0.1, -0.05) is 150 Å². The lowest BCUT2D eigenvalue weighted by Gasteiger charge is -2.31. The first-order valence-electron chi connectivity index (χ1n) is 26.4. The molecule has 5 saturated heterocycles. The van der Waals surface area contributed by atoms with Crippen molar-refractivity contribution in [2.45, 2.75) is 185 Å². The summed E-state index contributed by atoms with van der Waals surface area (Å²) in [5, 5.41) is 0. The number of aryl methyl sites for hydroxylation is 2. The zero-order valence-electron chi connectivity index (χ0n) is 42.8. The summed E-state index contributed by atoms with van der Waals surface area (Å²) in [5.41, 5.74) is 2.76. The maximum Gasteiger partial charge on any atom is 0.0110 e. The van der Waals surface area contributed by atoms with Crippen molar-refractivity contribution in [3.63, 3.8) is 0 Å². The minimum Gasteiger partial charge on any atom is -0.306 e. The predicted octanol–water partition coefficient (Wildman–Crippen LogP) is 12.9. The summed E-state index contributed by atoms with van der Waals surface area (Å²) in [6.45, 7) is 40.9. The third-order valence-electron chi connectivity index (χ3n) is 14.4. The van der Waals surface area contributed by atoms with E-state index in [1.807, 2.05) is 0 Å². The largest absolute Gasteiger partial charge is 0.306 e. The van der Waals surface area contributed by atoms with Crippen LogP contribution < -0.4 is 0 Å². The van der Waals surface area contributed by atoms with Gasteiger partial charge in [0, 0.05) is 26.2 Å². The van der Waals surface area contributed by atoms with E-state index >= 15 is 0 Å². The van der Waals surface area contributed by atoms with Gasteiger partial charge in [-0.3, -0.25) is 0 Å². The number of hydrogen-bond donors (Lipinski definition) is 0. The predicted molar refractivity (Wildman–Crippen MR) is 277 cm³/mol. The molecule has 0 amide bonds. The maximum absolute atomic E-state index is 2.52. The van der Waals surface area contributed by atoms with Crippen LogP contribution in [0.2, 0.25) is 0 Å². The first kappa shape index (κ1) is 60.0. The number of likely N-dealkylation sites (tertiary alicyclic amines) is 4. The summed E-state index contributed by atoms with van der Waals surface area (Å²) in [7, 11) is 4.40. The molecular weight excluding hydrogens is 745 g/mol. The lowest BCUT2D eigenvalue weighted by molar-refractivity contribution is 0.160. The number of benzene rings is 1. The zero-order valence-corrected chi connectivity index (χ0v) is 42.8. The molecule has 6 heteroatoms. The molecule has 1 saturated carbocycles. The fourth-order valence-electron chi connectivity index (χ4n) is 9.02. The average molecular weight is 858 g/mol. The van der Waals surface area contributed by atoms with Crippen LogP contribution in [-0.4, -0.2) is 148 Å². The van der Waals surface area contributed by atoms with Crippen LogP contribution in [0.4, 0.5) is 0 Å². The first-order chi connectivity index (χ1) is 29.1. The van der Waals surface area contributed by atoms with E-state index in [1.54, 1.807) is 0 Å². The molecule has 1 aliphatic carbocycles. The summed E-state index contributed by atoms with van der Waals surface area (Å²) >= 11 is 0. The number of hydrogen-bond acceptors (Lipinski definition) is 6. The molecule has 0 unspecified atom stereocenters. The molecule has 0 aromatic heterocycles. The van der Waals surface area contributed by atoms with Crippen molar-refractivity contribution in [2.75, 3.05) is 119 Å². The Balaban J connectivity index is 0.000000687. The number of nitrogens with zero attached hydrogens (tertiary/aromatic N) is 6. The highest BCUT2D eigenvalue weighted by molar-refractivity contribution is 5.20. The van der Waals surface area contributed by atoms with Crippen LogP contribution in [0.5, 0.6) is 0 Å². The van der Waals surface area contributed by atoms with Crippen molar-refractivity contribution in [2.24, 2.45) is 17.8 Å². The summed E-state index contributed by atoms with van der Waals surface area (Å²) in [5.74, 6) is 3.12. The van der Waals surface area contributed by atoms with Gasteiger partial charge in [0.2, 0.25) is 0 Å². The van der Waals surface area contributed by atoms with Crippen LogP contribution in [-0.2, 0) is 6.42 Å². The smallest absolute Gasteiger partial charge is 0.0110 e. The Morgan fingerprint density at radius 3 is 1.05 bits per heavy atom. The van der Waals surface area contributed by atoms with Crippen LogP contribution in [0.1, 0.15) is 183 Å². The van der Waals surface area contributed by atoms with Gasteiger partial charge in [-0.05, 0) is 181 Å². The number of rotatable bonds is 7. The van der Waals surface area contributed by atoms with Crippen LogP contribution in [0, 0.1) is 24.7 Å². The van der Waals surface area contributed by atoms with E-state index in [1.165, 1.54) is 225 Å². The monoisotopic (exact) mass is 857 g/mol. The van der Waals surface area contributed by atoms with Crippen molar-refractivity contribution in [1.82, 2.24) is 29.4 Å². The zero-order chi connectivity index (χ0) is 44.2. The number of likely N-dealkylation sites (N-methyl/N-ethyl adjacent to an activating group) is 2. The summed E-state index contributed by atoms with van der Waals surface area (Å²) in [6.07, 6.45) is 25.7. The molecule has 0 N–H and O–H groups in total. The van der Waals surface area contributed by atoms with E-state index in [4.69, 9.17) is 0 Å². The molecule has 61 heavy (non-hydrogen) atoms. The van der Waals surface area contributed by atoms with E-state index in [9.17, 15) is 0 Å². The van der Waals surface area contributed by atoms with E-state index < -0.39 is 0 Å². The molecule has 5 heterocycles. The van der Waals surface area contributed by atoms with Crippen molar-refractivity contribution in [3.8, 4) is 0 Å². The number of piperazine rings is 1. The quantitative estimate of drug-likeness (QED) is 0.270. The molecule has 5 aliphatic heterocycles. The average Bonchev–Trinajstić information content (AvgIpc) is 3.32. The van der Waals surface area contributed by atoms with E-state index in [0.29, 0.717) is 0 Å². The van der Waals surface area contributed by atoms with Gasteiger partial charge in [0.15, 0.2) is 0 Å². The second-order valence-corrected chi connectivity index (χ2v) is 19.3. The molecule has 6 aliphatic rings. The fraction of sp³-hybridized carbons (Fsp3) is 0.891. The topological polar surface area (TPSA) is 19.4 Å². The molecule has 0 spiro atoms. The van der Waals surface area contributed by atoms with Crippen molar-refractivity contribution in [3.05, 3.63) is 35.4 Å². The molecule has 6 nitrogen and oxygen atoms in total. The Morgan fingerprint density at radius 1 is 0.410 bits per heavy atom. The Bertz CT molecular complexity index is 912. The Kier molecular flexibility index (Phi) is 39.8.